The zero-order chi connectivity index (χ0) is 22.0. The van der Waals surface area contributed by atoms with Crippen LogP contribution in [0.1, 0.15) is 12.0 Å². The lowest BCUT2D eigenvalue weighted by molar-refractivity contribution is -0.384. The topological polar surface area (TPSA) is 147 Å². The number of alkyl halides is 1. The summed E-state index contributed by atoms with van der Waals surface area (Å²) in [6.07, 6.45) is 1.48. The van der Waals surface area contributed by atoms with Gasteiger partial charge in [-0.2, -0.15) is 0 Å². The second-order valence-electron chi connectivity index (χ2n) is 6.65. The van der Waals surface area contributed by atoms with Crippen molar-refractivity contribution in [2.45, 2.75) is 29.5 Å². The van der Waals surface area contributed by atoms with Crippen LogP contribution in [0.3, 0.4) is 0 Å². The lowest BCUT2D eigenvalue weighted by Crippen LogP contribution is -2.70. The van der Waals surface area contributed by atoms with Crippen molar-refractivity contribution in [1.82, 2.24) is 10.2 Å². The first-order valence-electron chi connectivity index (χ1n) is 8.75. The number of rotatable bonds is 8. The Labute approximate surface area is 183 Å². The summed E-state index contributed by atoms with van der Waals surface area (Å²) >= 11 is 4.27. The standard InChI is InChI=1S/C18H16BrN3O7S/c19-8-11(23)6-14(24)20-15-16(25)21-13(18(26)27)7-12(30-17(15)21)5-9-1-3-10(4-2-9)22(28)29/h1-4,7,12,15,17H,5-6,8H2,(H,20,24)(H,26,27)/t12?,15?,17-/m1/s1. The van der Waals surface area contributed by atoms with Gasteiger partial charge >= 0.3 is 5.97 Å². The van der Waals surface area contributed by atoms with Gasteiger partial charge in [0.05, 0.1) is 16.7 Å². The zero-order valence-electron chi connectivity index (χ0n) is 15.3. The van der Waals surface area contributed by atoms with E-state index >= 15 is 0 Å². The van der Waals surface area contributed by atoms with Crippen LogP contribution >= 0.6 is 27.7 Å². The third-order valence-electron chi connectivity index (χ3n) is 4.59. The number of aliphatic carboxylic acids is 1. The number of benzene rings is 1. The van der Waals surface area contributed by atoms with Gasteiger partial charge in [0, 0.05) is 17.4 Å². The number of carbonyl (C=O) groups is 4. The molecule has 2 aliphatic rings. The van der Waals surface area contributed by atoms with Gasteiger partial charge in [-0.15, -0.1) is 11.8 Å². The molecule has 0 radical (unpaired) electrons. The zero-order valence-corrected chi connectivity index (χ0v) is 17.7. The van der Waals surface area contributed by atoms with Crippen LogP contribution in [-0.4, -0.2) is 60.5 Å². The molecule has 1 aromatic carbocycles. The molecule has 2 amide bonds. The second-order valence-corrected chi connectivity index (χ2v) is 8.57. The highest BCUT2D eigenvalue weighted by Gasteiger charge is 2.54. The highest BCUT2D eigenvalue weighted by Crippen LogP contribution is 2.42. The Hall–Kier alpha value is -2.73. The van der Waals surface area contributed by atoms with Gasteiger partial charge < -0.3 is 10.4 Å². The Morgan fingerprint density at radius 1 is 1.27 bits per heavy atom. The predicted octanol–water partition coefficient (Wildman–Crippen LogP) is 1.23. The molecule has 0 bridgehead atoms. The van der Waals surface area contributed by atoms with Crippen molar-refractivity contribution in [3.05, 3.63) is 51.7 Å². The molecule has 0 aliphatic carbocycles. The minimum atomic E-state index is -1.26. The first kappa shape index (κ1) is 22.0. The van der Waals surface area contributed by atoms with E-state index in [1.165, 1.54) is 30.0 Å². The Morgan fingerprint density at radius 3 is 2.50 bits per heavy atom. The van der Waals surface area contributed by atoms with Gasteiger partial charge in [-0.05, 0) is 18.1 Å². The van der Waals surface area contributed by atoms with E-state index in [1.807, 2.05) is 0 Å². The third-order valence-corrected chi connectivity index (χ3v) is 6.63. The van der Waals surface area contributed by atoms with Crippen LogP contribution in [0.25, 0.3) is 0 Å². The number of nitro groups is 1. The molecule has 10 nitrogen and oxygen atoms in total. The normalized spacial score (nSPS) is 22.4. The number of carbonyl (C=O) groups excluding carboxylic acids is 3. The molecule has 0 spiro atoms. The highest BCUT2D eigenvalue weighted by molar-refractivity contribution is 9.09. The number of fused-ring (bicyclic) bond motifs is 1. The van der Waals surface area contributed by atoms with Crippen LogP contribution in [0.4, 0.5) is 5.69 Å². The molecule has 0 aromatic heterocycles. The van der Waals surface area contributed by atoms with E-state index in [1.54, 1.807) is 12.1 Å². The number of thioether (sulfide) groups is 1. The number of nitrogens with one attached hydrogen (secondary N) is 1. The van der Waals surface area contributed by atoms with Crippen LogP contribution in [0.15, 0.2) is 36.0 Å². The summed E-state index contributed by atoms with van der Waals surface area (Å²) in [7, 11) is 0. The van der Waals surface area contributed by atoms with E-state index < -0.39 is 34.1 Å². The summed E-state index contributed by atoms with van der Waals surface area (Å²) in [4.78, 5) is 58.8. The average Bonchev–Trinajstić information content (AvgIpc) is 2.71. The number of hydrogen-bond acceptors (Lipinski definition) is 7. The molecule has 3 atom stereocenters. The molecule has 0 saturated carbocycles. The van der Waals surface area contributed by atoms with E-state index in [-0.39, 0.29) is 34.2 Å². The molecule has 1 fully saturated rings. The maximum Gasteiger partial charge on any atom is 0.352 e. The van der Waals surface area contributed by atoms with Gasteiger partial charge in [-0.3, -0.25) is 29.4 Å². The molecular formula is C18H16BrN3O7S. The molecule has 3 rings (SSSR count). The van der Waals surface area contributed by atoms with Crippen LogP contribution in [0, 0.1) is 10.1 Å². The molecule has 2 heterocycles. The largest absolute Gasteiger partial charge is 0.477 e. The Balaban J connectivity index is 1.74. The number of carboxylic acids is 1. The number of halogens is 1. The van der Waals surface area contributed by atoms with E-state index in [2.05, 4.69) is 21.2 Å². The van der Waals surface area contributed by atoms with Gasteiger partial charge in [0.25, 0.3) is 11.6 Å². The fourth-order valence-corrected chi connectivity index (χ4v) is 4.92. The molecule has 12 heteroatoms. The summed E-state index contributed by atoms with van der Waals surface area (Å²) in [6.45, 7) is 0. The number of nitro benzene ring substituents is 1. The number of nitrogens with zero attached hydrogens (tertiary/aromatic N) is 2. The molecule has 1 saturated heterocycles. The highest BCUT2D eigenvalue weighted by atomic mass is 79.9. The van der Waals surface area contributed by atoms with Crippen LogP contribution in [-0.2, 0) is 25.6 Å². The number of β-lactam (4-membered cyclic amide) rings is 1. The monoisotopic (exact) mass is 497 g/mol. The maximum absolute atomic E-state index is 12.4. The fraction of sp³-hybridized carbons (Fsp3) is 0.333. The average molecular weight is 498 g/mol. The first-order valence-corrected chi connectivity index (χ1v) is 10.8. The number of hydrogen-bond donors (Lipinski definition) is 2. The Kier molecular flexibility index (Phi) is 6.56. The molecule has 2 unspecified atom stereocenters. The lowest BCUT2D eigenvalue weighted by Gasteiger charge is -2.49. The SMILES string of the molecule is O=C(CBr)CC(=O)NC1C(=O)N2C(C(=O)O)=CC(Cc3ccc([N+](=O)[O-])cc3)S[C@H]12. The number of non-ortho nitro benzene ring substituents is 1. The summed E-state index contributed by atoms with van der Waals surface area (Å²) in [5.41, 5.74) is 0.549. The minimum absolute atomic E-state index is 0.0204. The van der Waals surface area contributed by atoms with Gasteiger partial charge in [0.15, 0.2) is 5.78 Å². The minimum Gasteiger partial charge on any atom is -0.477 e. The van der Waals surface area contributed by atoms with E-state index in [0.29, 0.717) is 6.42 Å². The molecule has 2 aliphatic heterocycles. The van der Waals surface area contributed by atoms with E-state index in [9.17, 15) is 34.4 Å². The van der Waals surface area contributed by atoms with Crippen LogP contribution in [0.2, 0.25) is 0 Å². The lowest BCUT2D eigenvalue weighted by atomic mass is 10.0. The predicted molar refractivity (Wildman–Crippen MR) is 110 cm³/mol. The maximum atomic E-state index is 12.4. The van der Waals surface area contributed by atoms with Gasteiger partial charge in [0.1, 0.15) is 17.1 Å². The molecule has 158 valence electrons. The summed E-state index contributed by atoms with van der Waals surface area (Å²) in [6, 6.07) is 5.00. The number of ketones is 1. The van der Waals surface area contributed by atoms with Crippen molar-refractivity contribution in [3.63, 3.8) is 0 Å². The summed E-state index contributed by atoms with van der Waals surface area (Å²) < 4.78 is 0. The Bertz CT molecular complexity index is 950. The van der Waals surface area contributed by atoms with Crippen molar-refractivity contribution in [3.8, 4) is 0 Å². The Morgan fingerprint density at radius 2 is 1.93 bits per heavy atom. The number of carboxylic acid groups (broad SMARTS) is 1. The van der Waals surface area contributed by atoms with Gasteiger partial charge in [0.2, 0.25) is 5.91 Å². The van der Waals surface area contributed by atoms with Crippen molar-refractivity contribution >= 4 is 56.9 Å². The summed E-state index contributed by atoms with van der Waals surface area (Å²) in [5.74, 6) is -2.75. The second kappa shape index (κ2) is 8.96. The molecule has 1 aromatic rings. The van der Waals surface area contributed by atoms with E-state index in [0.717, 1.165) is 10.5 Å². The smallest absolute Gasteiger partial charge is 0.352 e. The molecular weight excluding hydrogens is 482 g/mol. The molecule has 2 N–H and O–H groups in total. The van der Waals surface area contributed by atoms with Gasteiger partial charge in [-0.1, -0.05) is 28.1 Å². The first-order chi connectivity index (χ1) is 14.2. The van der Waals surface area contributed by atoms with Crippen molar-refractivity contribution in [2.24, 2.45) is 0 Å². The van der Waals surface area contributed by atoms with Gasteiger partial charge in [-0.25, -0.2) is 4.79 Å². The van der Waals surface area contributed by atoms with E-state index in [4.69, 9.17) is 0 Å². The van der Waals surface area contributed by atoms with Crippen LogP contribution < -0.4 is 5.32 Å². The van der Waals surface area contributed by atoms with Crippen LogP contribution in [0.5, 0.6) is 0 Å². The van der Waals surface area contributed by atoms with Crippen molar-refractivity contribution in [1.29, 1.82) is 0 Å². The molecule has 30 heavy (non-hydrogen) atoms. The summed E-state index contributed by atoms with van der Waals surface area (Å²) in [5, 5.41) is 21.9. The quantitative estimate of drug-likeness (QED) is 0.179. The third kappa shape index (κ3) is 4.54. The number of amides is 2. The fourth-order valence-electron chi connectivity index (χ4n) is 3.19. The number of Topliss-reactive ketones (excluding diaryl/α,β-unsaturated/α-hetero) is 1. The van der Waals surface area contributed by atoms with Crippen molar-refractivity contribution < 1.29 is 29.2 Å². The van der Waals surface area contributed by atoms with Crippen molar-refractivity contribution in [2.75, 3.05) is 5.33 Å².